The molecular formula is C19H20N2O2S. The molecule has 0 atom stereocenters. The molecule has 0 aliphatic rings. The molecular weight excluding hydrogens is 320 g/mol. The van der Waals surface area contributed by atoms with Gasteiger partial charge in [0.15, 0.2) is 0 Å². The summed E-state index contributed by atoms with van der Waals surface area (Å²) in [6.45, 7) is 3.70. The maximum absolute atomic E-state index is 12.1. The van der Waals surface area contributed by atoms with Gasteiger partial charge in [0.1, 0.15) is 11.6 Å². The summed E-state index contributed by atoms with van der Waals surface area (Å²) in [6, 6.07) is 15.9. The van der Waals surface area contributed by atoms with Crippen molar-refractivity contribution >= 4 is 23.3 Å². The minimum absolute atomic E-state index is 0.118. The Labute approximate surface area is 146 Å². The van der Waals surface area contributed by atoms with E-state index < -0.39 is 0 Å². The first-order valence-electron chi connectivity index (χ1n) is 7.87. The minimum Gasteiger partial charge on any atom is -0.382 e. The number of nitrogens with zero attached hydrogens (tertiary/aromatic N) is 1. The van der Waals surface area contributed by atoms with Crippen LogP contribution in [0.1, 0.15) is 18.2 Å². The third kappa shape index (κ3) is 5.34. The van der Waals surface area contributed by atoms with E-state index >= 15 is 0 Å². The first-order valence-corrected chi connectivity index (χ1v) is 8.69. The van der Waals surface area contributed by atoms with E-state index in [1.807, 2.05) is 55.5 Å². The van der Waals surface area contributed by atoms with E-state index in [-0.39, 0.29) is 11.5 Å². The molecule has 24 heavy (non-hydrogen) atoms. The van der Waals surface area contributed by atoms with Gasteiger partial charge >= 0.3 is 0 Å². The van der Waals surface area contributed by atoms with Crippen molar-refractivity contribution < 1.29 is 9.53 Å². The van der Waals surface area contributed by atoms with Gasteiger partial charge in [0.2, 0.25) is 0 Å². The highest BCUT2D eigenvalue weighted by atomic mass is 32.1. The van der Waals surface area contributed by atoms with Crippen molar-refractivity contribution in [2.75, 3.05) is 19.8 Å². The largest absolute Gasteiger partial charge is 0.382 e. The quantitative estimate of drug-likeness (QED) is 0.451. The SMILES string of the molecule is CCOCCCNC(=O)/C(C#N)=C/c1ccc(-c2ccccc2)s1. The lowest BCUT2D eigenvalue weighted by Gasteiger charge is -2.04. The Kier molecular flexibility index (Phi) is 7.21. The number of hydrogen-bond acceptors (Lipinski definition) is 4. The fraction of sp³-hybridized carbons (Fsp3) is 0.263. The molecule has 1 aromatic heterocycles. The summed E-state index contributed by atoms with van der Waals surface area (Å²) in [7, 11) is 0. The molecule has 124 valence electrons. The summed E-state index contributed by atoms with van der Waals surface area (Å²) in [5, 5.41) is 12.0. The maximum Gasteiger partial charge on any atom is 0.261 e. The number of benzene rings is 1. The minimum atomic E-state index is -0.344. The molecule has 0 radical (unpaired) electrons. The van der Waals surface area contributed by atoms with Gasteiger partial charge in [0.25, 0.3) is 5.91 Å². The summed E-state index contributed by atoms with van der Waals surface area (Å²) >= 11 is 1.55. The lowest BCUT2D eigenvalue weighted by molar-refractivity contribution is -0.117. The zero-order chi connectivity index (χ0) is 17.2. The molecule has 1 amide bonds. The molecule has 0 unspecified atom stereocenters. The predicted molar refractivity (Wildman–Crippen MR) is 97.5 cm³/mol. The monoisotopic (exact) mass is 340 g/mol. The Morgan fingerprint density at radius 1 is 1.29 bits per heavy atom. The van der Waals surface area contributed by atoms with E-state index in [1.165, 1.54) is 0 Å². The molecule has 1 aromatic carbocycles. The average Bonchev–Trinajstić information content (AvgIpc) is 3.08. The zero-order valence-electron chi connectivity index (χ0n) is 13.6. The van der Waals surface area contributed by atoms with Crippen LogP contribution in [0.4, 0.5) is 0 Å². The molecule has 2 rings (SSSR count). The fourth-order valence-electron chi connectivity index (χ4n) is 2.09. The van der Waals surface area contributed by atoms with E-state index in [4.69, 9.17) is 4.74 Å². The molecule has 0 spiro atoms. The fourth-order valence-corrected chi connectivity index (χ4v) is 3.05. The third-order valence-corrected chi connectivity index (χ3v) is 4.37. The van der Waals surface area contributed by atoms with Crippen LogP contribution < -0.4 is 5.32 Å². The van der Waals surface area contributed by atoms with Gasteiger partial charge in [0, 0.05) is 29.5 Å². The Hall–Kier alpha value is -2.42. The summed E-state index contributed by atoms with van der Waals surface area (Å²) in [5.41, 5.74) is 1.24. The van der Waals surface area contributed by atoms with Gasteiger partial charge in [-0.1, -0.05) is 30.3 Å². The highest BCUT2D eigenvalue weighted by Gasteiger charge is 2.09. The number of carbonyl (C=O) groups is 1. The molecule has 2 aromatic rings. The molecule has 5 heteroatoms. The van der Waals surface area contributed by atoms with E-state index in [1.54, 1.807) is 17.4 Å². The topological polar surface area (TPSA) is 62.1 Å². The number of hydrogen-bond donors (Lipinski definition) is 1. The number of rotatable bonds is 8. The average molecular weight is 340 g/mol. The van der Waals surface area contributed by atoms with E-state index in [0.29, 0.717) is 19.8 Å². The highest BCUT2D eigenvalue weighted by Crippen LogP contribution is 2.29. The number of thiophene rings is 1. The van der Waals surface area contributed by atoms with Crippen LogP contribution in [-0.2, 0) is 9.53 Å². The number of carbonyl (C=O) groups excluding carboxylic acids is 1. The molecule has 0 bridgehead atoms. The van der Waals surface area contributed by atoms with E-state index in [0.717, 1.165) is 21.7 Å². The Morgan fingerprint density at radius 3 is 2.79 bits per heavy atom. The molecule has 0 saturated carbocycles. The van der Waals surface area contributed by atoms with Crippen molar-refractivity contribution in [3.8, 4) is 16.5 Å². The zero-order valence-corrected chi connectivity index (χ0v) is 14.4. The summed E-state index contributed by atoms with van der Waals surface area (Å²) in [4.78, 5) is 14.0. The highest BCUT2D eigenvalue weighted by molar-refractivity contribution is 7.16. The standard InChI is InChI=1S/C19H20N2O2S/c1-2-23-12-6-11-21-19(22)16(14-20)13-17-9-10-18(24-17)15-7-4-3-5-8-15/h3-5,7-10,13H,2,6,11-12H2,1H3,(H,21,22)/b16-13+. The molecule has 0 aliphatic heterocycles. The van der Waals surface area contributed by atoms with Gasteiger partial charge in [-0.25, -0.2) is 0 Å². The van der Waals surface area contributed by atoms with Crippen LogP contribution in [0, 0.1) is 11.3 Å². The van der Waals surface area contributed by atoms with Gasteiger partial charge in [-0.3, -0.25) is 4.79 Å². The maximum atomic E-state index is 12.1. The number of ether oxygens (including phenoxy) is 1. The molecule has 0 saturated heterocycles. The van der Waals surface area contributed by atoms with Crippen LogP contribution in [0.25, 0.3) is 16.5 Å². The lowest BCUT2D eigenvalue weighted by Crippen LogP contribution is -2.26. The van der Waals surface area contributed by atoms with Crippen molar-refractivity contribution in [2.45, 2.75) is 13.3 Å². The molecule has 0 aliphatic carbocycles. The van der Waals surface area contributed by atoms with Crippen LogP contribution in [0.15, 0.2) is 48.0 Å². The van der Waals surface area contributed by atoms with E-state index in [2.05, 4.69) is 5.32 Å². The number of amides is 1. The van der Waals surface area contributed by atoms with Crippen LogP contribution in [0.2, 0.25) is 0 Å². The van der Waals surface area contributed by atoms with Crippen molar-refractivity contribution in [1.82, 2.24) is 5.32 Å². The second-order valence-corrected chi connectivity index (χ2v) is 6.16. The summed E-state index contributed by atoms with van der Waals surface area (Å²) < 4.78 is 5.21. The lowest BCUT2D eigenvalue weighted by atomic mass is 10.2. The van der Waals surface area contributed by atoms with E-state index in [9.17, 15) is 10.1 Å². The second kappa shape index (κ2) is 9.66. The van der Waals surface area contributed by atoms with Crippen molar-refractivity contribution in [3.63, 3.8) is 0 Å². The van der Waals surface area contributed by atoms with Crippen molar-refractivity contribution in [2.24, 2.45) is 0 Å². The summed E-state index contributed by atoms with van der Waals surface area (Å²) in [6.07, 6.45) is 2.37. The van der Waals surface area contributed by atoms with Crippen molar-refractivity contribution in [1.29, 1.82) is 5.26 Å². The Morgan fingerprint density at radius 2 is 2.08 bits per heavy atom. The third-order valence-electron chi connectivity index (χ3n) is 3.29. The first-order chi connectivity index (χ1) is 11.7. The van der Waals surface area contributed by atoms with Gasteiger partial charge < -0.3 is 10.1 Å². The molecule has 0 fully saturated rings. The van der Waals surface area contributed by atoms with Crippen LogP contribution in [-0.4, -0.2) is 25.7 Å². The van der Waals surface area contributed by atoms with Gasteiger partial charge in [-0.2, -0.15) is 5.26 Å². The Balaban J connectivity index is 1.99. The molecule has 4 nitrogen and oxygen atoms in total. The van der Waals surface area contributed by atoms with Crippen LogP contribution in [0.5, 0.6) is 0 Å². The smallest absolute Gasteiger partial charge is 0.261 e. The second-order valence-electron chi connectivity index (χ2n) is 5.04. The number of nitriles is 1. The first kappa shape index (κ1) is 17.9. The van der Waals surface area contributed by atoms with Crippen molar-refractivity contribution in [3.05, 3.63) is 52.9 Å². The van der Waals surface area contributed by atoms with Crippen LogP contribution in [0.3, 0.4) is 0 Å². The number of nitrogens with one attached hydrogen (secondary N) is 1. The molecule has 1 heterocycles. The Bertz CT molecular complexity index is 729. The summed E-state index contributed by atoms with van der Waals surface area (Å²) in [5.74, 6) is -0.344. The predicted octanol–water partition coefficient (Wildman–Crippen LogP) is 3.86. The van der Waals surface area contributed by atoms with Gasteiger partial charge in [0.05, 0.1) is 0 Å². The van der Waals surface area contributed by atoms with Crippen LogP contribution >= 0.6 is 11.3 Å². The molecule has 1 N–H and O–H groups in total. The van der Waals surface area contributed by atoms with Gasteiger partial charge in [-0.15, -0.1) is 11.3 Å². The van der Waals surface area contributed by atoms with Gasteiger partial charge in [-0.05, 0) is 37.1 Å². The normalized spacial score (nSPS) is 11.1.